The van der Waals surface area contributed by atoms with Crippen LogP contribution in [0.4, 0.5) is 18.0 Å². The van der Waals surface area contributed by atoms with Gasteiger partial charge in [0.1, 0.15) is 18.0 Å². The molecule has 1 N–H and O–H groups in total. The first-order valence-electron chi connectivity index (χ1n) is 12.9. The second-order valence-electron chi connectivity index (χ2n) is 11.3. The molecular weight excluding hydrogens is 511 g/mol. The lowest BCUT2D eigenvalue weighted by molar-refractivity contribution is -0.271. The summed E-state index contributed by atoms with van der Waals surface area (Å²) in [5.41, 5.74) is -0.0316. The highest BCUT2D eigenvalue weighted by Crippen LogP contribution is 2.37. The Labute approximate surface area is 228 Å². The van der Waals surface area contributed by atoms with Crippen LogP contribution in [0.2, 0.25) is 0 Å². The Hall–Kier alpha value is -3.04. The number of rotatable bonds is 8. The molecule has 0 aliphatic carbocycles. The fourth-order valence-corrected chi connectivity index (χ4v) is 3.97. The molecule has 2 aromatic rings. The second kappa shape index (κ2) is 12.0. The van der Waals surface area contributed by atoms with Crippen LogP contribution in [0, 0.1) is 6.92 Å². The third-order valence-electron chi connectivity index (χ3n) is 6.12. The number of halogens is 3. The van der Waals surface area contributed by atoms with Crippen LogP contribution in [0.3, 0.4) is 0 Å². The van der Waals surface area contributed by atoms with E-state index in [0.29, 0.717) is 5.56 Å². The Morgan fingerprint density at radius 2 is 1.69 bits per heavy atom. The number of hydrogen-bond donors (Lipinski definition) is 1. The monoisotopic (exact) mass is 549 g/mol. The van der Waals surface area contributed by atoms with Gasteiger partial charge >= 0.3 is 12.3 Å². The number of alkyl halides is 3. The quantitative estimate of drug-likeness (QED) is 0.381. The highest BCUT2D eigenvalue weighted by atomic mass is 19.4. The first-order chi connectivity index (χ1) is 18.1. The van der Waals surface area contributed by atoms with Crippen molar-refractivity contribution < 1.29 is 36.9 Å². The van der Waals surface area contributed by atoms with Gasteiger partial charge in [-0.1, -0.05) is 42.0 Å². The molecule has 0 bridgehead atoms. The van der Waals surface area contributed by atoms with E-state index in [2.05, 4.69) is 5.32 Å². The van der Waals surface area contributed by atoms with Gasteiger partial charge in [0.25, 0.3) is 0 Å². The first kappa shape index (κ1) is 30.5. The minimum absolute atomic E-state index is 0.0102. The van der Waals surface area contributed by atoms with Gasteiger partial charge in [0, 0.05) is 0 Å². The number of aryl methyl sites for hydroxylation is 2. The van der Waals surface area contributed by atoms with E-state index in [1.807, 2.05) is 31.2 Å². The Bertz CT molecular complexity index is 1140. The van der Waals surface area contributed by atoms with Gasteiger partial charge in [-0.25, -0.2) is 4.79 Å². The van der Waals surface area contributed by atoms with Gasteiger partial charge in [-0.3, -0.25) is 0 Å². The zero-order chi connectivity index (χ0) is 28.9. The summed E-state index contributed by atoms with van der Waals surface area (Å²) in [7, 11) is 0. The molecule has 2 aromatic carbocycles. The Balaban J connectivity index is 1.72. The highest BCUT2D eigenvalue weighted by molar-refractivity contribution is 5.69. The van der Waals surface area contributed by atoms with Gasteiger partial charge in [-0.05, 0) is 83.7 Å². The van der Waals surface area contributed by atoms with E-state index in [1.54, 1.807) is 52.8 Å². The van der Waals surface area contributed by atoms with Crippen molar-refractivity contribution in [1.29, 1.82) is 0 Å². The van der Waals surface area contributed by atoms with Gasteiger partial charge in [0.15, 0.2) is 5.79 Å². The molecule has 1 aliphatic heterocycles. The number of carbonyl (C=O) groups is 1. The van der Waals surface area contributed by atoms with Crippen LogP contribution in [0.1, 0.15) is 63.3 Å². The number of amides is 1. The molecule has 1 aliphatic rings. The summed E-state index contributed by atoms with van der Waals surface area (Å²) in [5.74, 6) is -1.08. The third kappa shape index (κ3) is 9.58. The second-order valence-corrected chi connectivity index (χ2v) is 11.3. The van der Waals surface area contributed by atoms with Gasteiger partial charge < -0.3 is 24.3 Å². The van der Waals surface area contributed by atoms with Crippen molar-refractivity contribution in [3.8, 4) is 5.75 Å². The van der Waals surface area contributed by atoms with Crippen molar-refractivity contribution in [2.75, 3.05) is 19.8 Å². The van der Waals surface area contributed by atoms with Crippen molar-refractivity contribution in [1.82, 2.24) is 5.32 Å². The summed E-state index contributed by atoms with van der Waals surface area (Å²) in [5, 5.41) is 2.84. The minimum Gasteiger partial charge on any atom is -0.489 e. The van der Waals surface area contributed by atoms with E-state index in [1.165, 1.54) is 6.07 Å². The van der Waals surface area contributed by atoms with Crippen molar-refractivity contribution in [3.05, 3.63) is 70.8 Å². The normalized spacial score (nSPS) is 17.2. The SMILES string of the molecule is Cc1ccc(/C=C/COc2ccc(CCC3(NC(=O)OC(C)(C)C)COC(C)(C)OC3)cc2C(F)(F)F)cc1. The molecule has 0 unspecified atom stereocenters. The number of carbonyl (C=O) groups excluding carboxylic acids is 1. The fraction of sp³-hybridized carbons (Fsp3) is 0.500. The van der Waals surface area contributed by atoms with Crippen LogP contribution >= 0.6 is 0 Å². The lowest BCUT2D eigenvalue weighted by Crippen LogP contribution is -2.61. The molecule has 0 spiro atoms. The fourth-order valence-electron chi connectivity index (χ4n) is 3.97. The Morgan fingerprint density at radius 3 is 2.28 bits per heavy atom. The zero-order valence-corrected chi connectivity index (χ0v) is 23.4. The van der Waals surface area contributed by atoms with Crippen LogP contribution in [0.25, 0.3) is 6.08 Å². The molecule has 1 saturated heterocycles. The predicted octanol–water partition coefficient (Wildman–Crippen LogP) is 7.09. The molecule has 0 aromatic heterocycles. The van der Waals surface area contributed by atoms with Crippen LogP contribution in [0.15, 0.2) is 48.5 Å². The minimum atomic E-state index is -4.60. The first-order valence-corrected chi connectivity index (χ1v) is 12.9. The lowest BCUT2D eigenvalue weighted by Gasteiger charge is -2.44. The van der Waals surface area contributed by atoms with Gasteiger partial charge in [0.05, 0.1) is 24.3 Å². The maximum Gasteiger partial charge on any atom is 0.419 e. The molecule has 1 heterocycles. The van der Waals surface area contributed by atoms with Crippen LogP contribution < -0.4 is 10.1 Å². The molecule has 9 heteroatoms. The number of ether oxygens (including phenoxy) is 4. The van der Waals surface area contributed by atoms with Gasteiger partial charge in [-0.2, -0.15) is 13.2 Å². The molecule has 214 valence electrons. The Kier molecular flexibility index (Phi) is 9.39. The van der Waals surface area contributed by atoms with E-state index in [-0.39, 0.29) is 38.4 Å². The van der Waals surface area contributed by atoms with Crippen LogP contribution in [0.5, 0.6) is 5.75 Å². The average Bonchev–Trinajstić information content (AvgIpc) is 2.82. The zero-order valence-electron chi connectivity index (χ0n) is 23.4. The Morgan fingerprint density at radius 1 is 1.05 bits per heavy atom. The predicted molar refractivity (Wildman–Crippen MR) is 144 cm³/mol. The average molecular weight is 550 g/mol. The standard InChI is InChI=1S/C30H38F3NO5/c1-21-9-11-22(12-10-21)8-7-17-36-25-14-13-23(18-24(25)30(31,32)33)15-16-29(19-37-28(5,6)38-20-29)34-26(35)39-27(2,3)4/h7-14,18H,15-17,19-20H2,1-6H3,(H,34,35)/b8-7+. The summed E-state index contributed by atoms with van der Waals surface area (Å²) in [6.07, 6.45) is -1.26. The van der Waals surface area contributed by atoms with E-state index in [9.17, 15) is 18.0 Å². The summed E-state index contributed by atoms with van der Waals surface area (Å²) < 4.78 is 64.2. The van der Waals surface area contributed by atoms with Crippen molar-refractivity contribution >= 4 is 12.2 Å². The maximum atomic E-state index is 13.9. The number of nitrogens with one attached hydrogen (secondary N) is 1. The molecule has 0 atom stereocenters. The summed E-state index contributed by atoms with van der Waals surface area (Å²) >= 11 is 0. The van der Waals surface area contributed by atoms with Crippen LogP contribution in [-0.4, -0.2) is 42.8 Å². The molecule has 1 fully saturated rings. The largest absolute Gasteiger partial charge is 0.489 e. The molecule has 6 nitrogen and oxygen atoms in total. The van der Waals surface area contributed by atoms with Crippen molar-refractivity contribution in [2.45, 2.75) is 77.5 Å². The molecule has 1 amide bonds. The van der Waals surface area contributed by atoms with Crippen molar-refractivity contribution in [3.63, 3.8) is 0 Å². The van der Waals surface area contributed by atoms with E-state index >= 15 is 0 Å². The summed E-state index contributed by atoms with van der Waals surface area (Å²) in [6, 6.07) is 11.8. The third-order valence-corrected chi connectivity index (χ3v) is 6.12. The molecule has 3 rings (SSSR count). The summed E-state index contributed by atoms with van der Waals surface area (Å²) in [6.45, 7) is 11.0. The molecular formula is C30H38F3NO5. The number of alkyl carbamates (subject to hydrolysis) is 1. The van der Waals surface area contributed by atoms with E-state index in [0.717, 1.165) is 17.2 Å². The smallest absolute Gasteiger partial charge is 0.419 e. The van der Waals surface area contributed by atoms with Gasteiger partial charge in [-0.15, -0.1) is 0 Å². The maximum absolute atomic E-state index is 13.9. The number of hydrogen-bond acceptors (Lipinski definition) is 5. The topological polar surface area (TPSA) is 66.0 Å². The van der Waals surface area contributed by atoms with Gasteiger partial charge in [0.2, 0.25) is 0 Å². The molecule has 39 heavy (non-hydrogen) atoms. The lowest BCUT2D eigenvalue weighted by atomic mass is 9.91. The summed E-state index contributed by atoms with van der Waals surface area (Å²) in [4.78, 5) is 12.6. The molecule has 0 radical (unpaired) electrons. The van der Waals surface area contributed by atoms with E-state index < -0.39 is 34.8 Å². The van der Waals surface area contributed by atoms with E-state index in [4.69, 9.17) is 18.9 Å². The van der Waals surface area contributed by atoms with Crippen LogP contribution in [-0.2, 0) is 26.8 Å². The molecule has 0 saturated carbocycles. The highest BCUT2D eigenvalue weighted by Gasteiger charge is 2.42. The van der Waals surface area contributed by atoms with Crippen molar-refractivity contribution in [2.24, 2.45) is 0 Å². The number of benzene rings is 2.